The largest absolute Gasteiger partial charge is 0.322 e. The Morgan fingerprint density at radius 3 is 2.52 bits per heavy atom. The van der Waals surface area contributed by atoms with Crippen molar-refractivity contribution in [3.05, 3.63) is 62.4 Å². The van der Waals surface area contributed by atoms with Crippen molar-refractivity contribution in [3.8, 4) is 11.1 Å². The molecule has 0 saturated heterocycles. The van der Waals surface area contributed by atoms with Gasteiger partial charge in [-0.15, -0.1) is 11.8 Å². The molecule has 0 fully saturated rings. The highest BCUT2D eigenvalue weighted by Gasteiger charge is 2.12. The highest BCUT2D eigenvalue weighted by Crippen LogP contribution is 2.33. The molecule has 0 spiro atoms. The van der Waals surface area contributed by atoms with Crippen LogP contribution in [0, 0.1) is 0 Å². The lowest BCUT2D eigenvalue weighted by atomic mass is 10.0. The van der Waals surface area contributed by atoms with E-state index >= 15 is 0 Å². The number of amides is 1. The smallest absolute Gasteiger partial charge is 0.252 e. The summed E-state index contributed by atoms with van der Waals surface area (Å²) in [5, 5.41) is 3.63. The molecule has 1 amide bonds. The molecular formula is C18H17BrClNOS. The minimum absolute atomic E-state index is 0.0903. The van der Waals surface area contributed by atoms with Crippen LogP contribution in [0.2, 0.25) is 5.02 Å². The molecule has 2 aromatic rings. The first-order valence-electron chi connectivity index (χ1n) is 7.01. The zero-order valence-corrected chi connectivity index (χ0v) is 16.3. The van der Waals surface area contributed by atoms with Crippen molar-refractivity contribution in [2.75, 3.05) is 11.6 Å². The SMILES string of the molecule is CS/C(C)=C(\C)C(=O)Nc1ccccc1-c1ccc(Br)c(Cl)c1. The maximum Gasteiger partial charge on any atom is 0.252 e. The second-order valence-electron chi connectivity index (χ2n) is 5.01. The predicted octanol–water partition coefficient (Wildman–Crippen LogP) is 6.36. The Kier molecular flexibility index (Phi) is 6.33. The fourth-order valence-corrected chi connectivity index (χ4v) is 2.86. The van der Waals surface area contributed by atoms with Crippen LogP contribution < -0.4 is 5.32 Å². The van der Waals surface area contributed by atoms with Gasteiger partial charge in [-0.3, -0.25) is 4.79 Å². The summed E-state index contributed by atoms with van der Waals surface area (Å²) in [6, 6.07) is 13.5. The number of anilines is 1. The van der Waals surface area contributed by atoms with E-state index in [9.17, 15) is 4.79 Å². The number of hydrogen-bond donors (Lipinski definition) is 1. The topological polar surface area (TPSA) is 29.1 Å². The normalized spacial score (nSPS) is 11.9. The summed E-state index contributed by atoms with van der Waals surface area (Å²) >= 11 is 11.2. The molecule has 0 atom stereocenters. The van der Waals surface area contributed by atoms with E-state index in [2.05, 4.69) is 21.2 Å². The van der Waals surface area contributed by atoms with Gasteiger partial charge >= 0.3 is 0 Å². The summed E-state index contributed by atoms with van der Waals surface area (Å²) in [6.45, 7) is 3.78. The first-order chi connectivity index (χ1) is 10.9. The minimum atomic E-state index is -0.0903. The van der Waals surface area contributed by atoms with E-state index in [1.807, 2.05) is 62.6 Å². The van der Waals surface area contributed by atoms with Gasteiger partial charge in [0, 0.05) is 21.3 Å². The second kappa shape index (κ2) is 8.04. The fraction of sp³-hybridized carbons (Fsp3) is 0.167. The quantitative estimate of drug-likeness (QED) is 0.594. The molecule has 0 bridgehead atoms. The van der Waals surface area contributed by atoms with Crippen LogP contribution in [0.4, 0.5) is 5.69 Å². The van der Waals surface area contributed by atoms with Crippen molar-refractivity contribution in [1.29, 1.82) is 0 Å². The fourth-order valence-electron chi connectivity index (χ4n) is 2.04. The Bertz CT molecular complexity index is 773. The maximum absolute atomic E-state index is 12.4. The van der Waals surface area contributed by atoms with Crippen LogP contribution in [0.25, 0.3) is 11.1 Å². The lowest BCUT2D eigenvalue weighted by molar-refractivity contribution is -0.112. The van der Waals surface area contributed by atoms with E-state index in [4.69, 9.17) is 11.6 Å². The van der Waals surface area contributed by atoms with Crippen LogP contribution in [-0.4, -0.2) is 12.2 Å². The molecule has 23 heavy (non-hydrogen) atoms. The summed E-state index contributed by atoms with van der Waals surface area (Å²) in [5.74, 6) is -0.0903. The van der Waals surface area contributed by atoms with Gasteiger partial charge in [0.15, 0.2) is 0 Å². The molecule has 0 aliphatic rings. The van der Waals surface area contributed by atoms with Crippen LogP contribution in [-0.2, 0) is 4.79 Å². The summed E-state index contributed by atoms with van der Waals surface area (Å²) in [5.41, 5.74) is 3.38. The van der Waals surface area contributed by atoms with Crippen LogP contribution in [0.3, 0.4) is 0 Å². The van der Waals surface area contributed by atoms with Crippen LogP contribution in [0.1, 0.15) is 13.8 Å². The zero-order chi connectivity index (χ0) is 17.0. The molecule has 0 aliphatic carbocycles. The standard InChI is InChI=1S/C18H17BrClNOS/c1-11(12(2)23-3)18(22)21-17-7-5-4-6-14(17)13-8-9-15(19)16(20)10-13/h4-10H,1-3H3,(H,21,22)/b12-11+. The first kappa shape index (κ1) is 18.1. The Morgan fingerprint density at radius 1 is 1.17 bits per heavy atom. The maximum atomic E-state index is 12.4. The van der Waals surface area contributed by atoms with Crippen LogP contribution in [0.5, 0.6) is 0 Å². The van der Waals surface area contributed by atoms with Crippen LogP contribution in [0.15, 0.2) is 57.4 Å². The van der Waals surface area contributed by atoms with Gasteiger partial charge in [-0.05, 0) is 64.7 Å². The first-order valence-corrected chi connectivity index (χ1v) is 9.41. The number of allylic oxidation sites excluding steroid dienone is 1. The molecule has 120 valence electrons. The highest BCUT2D eigenvalue weighted by atomic mass is 79.9. The number of halogens is 2. The van der Waals surface area contributed by atoms with Gasteiger partial charge < -0.3 is 5.32 Å². The number of para-hydroxylation sites is 1. The average Bonchev–Trinajstić information content (AvgIpc) is 2.56. The molecule has 2 nitrogen and oxygen atoms in total. The molecule has 0 unspecified atom stereocenters. The van der Waals surface area contributed by atoms with E-state index in [0.717, 1.165) is 31.8 Å². The molecule has 2 rings (SSSR count). The summed E-state index contributed by atoms with van der Waals surface area (Å²) in [6.07, 6.45) is 1.96. The molecule has 0 saturated carbocycles. The molecule has 0 aromatic heterocycles. The Hall–Kier alpha value is -1.23. The number of rotatable bonds is 4. The number of hydrogen-bond acceptors (Lipinski definition) is 2. The Labute approximate surface area is 154 Å². The third-order valence-electron chi connectivity index (χ3n) is 3.58. The van der Waals surface area contributed by atoms with E-state index in [0.29, 0.717) is 5.02 Å². The van der Waals surface area contributed by atoms with Gasteiger partial charge in [0.25, 0.3) is 5.91 Å². The van der Waals surface area contributed by atoms with Gasteiger partial charge in [-0.2, -0.15) is 0 Å². The Balaban J connectivity index is 2.38. The summed E-state index contributed by atoms with van der Waals surface area (Å²) < 4.78 is 0.846. The van der Waals surface area contributed by atoms with Gasteiger partial charge in [-0.1, -0.05) is 35.9 Å². The predicted molar refractivity (Wildman–Crippen MR) is 105 cm³/mol. The van der Waals surface area contributed by atoms with Crippen molar-refractivity contribution >= 4 is 50.9 Å². The molecule has 0 aliphatic heterocycles. The second-order valence-corrected chi connectivity index (χ2v) is 7.30. The van der Waals surface area contributed by atoms with Crippen molar-refractivity contribution in [2.24, 2.45) is 0 Å². The van der Waals surface area contributed by atoms with E-state index < -0.39 is 0 Å². The number of nitrogens with one attached hydrogen (secondary N) is 1. The van der Waals surface area contributed by atoms with Gasteiger partial charge in [0.05, 0.1) is 5.02 Å². The molecule has 5 heteroatoms. The number of benzene rings is 2. The van der Waals surface area contributed by atoms with E-state index in [-0.39, 0.29) is 5.91 Å². The summed E-state index contributed by atoms with van der Waals surface area (Å²) in [7, 11) is 0. The van der Waals surface area contributed by atoms with Gasteiger partial charge in [-0.25, -0.2) is 0 Å². The number of carbonyl (C=O) groups is 1. The molecule has 0 heterocycles. The molecular weight excluding hydrogens is 394 g/mol. The molecule has 2 aromatic carbocycles. The molecule has 0 radical (unpaired) electrons. The molecule has 1 N–H and O–H groups in total. The van der Waals surface area contributed by atoms with Crippen molar-refractivity contribution in [3.63, 3.8) is 0 Å². The lowest BCUT2D eigenvalue weighted by Gasteiger charge is -2.13. The van der Waals surface area contributed by atoms with E-state index in [1.165, 1.54) is 0 Å². The Morgan fingerprint density at radius 2 is 1.87 bits per heavy atom. The monoisotopic (exact) mass is 409 g/mol. The lowest BCUT2D eigenvalue weighted by Crippen LogP contribution is -2.14. The van der Waals surface area contributed by atoms with Gasteiger partial charge in [0.2, 0.25) is 0 Å². The van der Waals surface area contributed by atoms with Crippen molar-refractivity contribution < 1.29 is 4.79 Å². The van der Waals surface area contributed by atoms with Crippen LogP contribution >= 0.6 is 39.3 Å². The highest BCUT2D eigenvalue weighted by molar-refractivity contribution is 9.10. The minimum Gasteiger partial charge on any atom is -0.322 e. The number of thioether (sulfide) groups is 1. The summed E-state index contributed by atoms with van der Waals surface area (Å²) in [4.78, 5) is 13.4. The van der Waals surface area contributed by atoms with Crippen molar-refractivity contribution in [2.45, 2.75) is 13.8 Å². The van der Waals surface area contributed by atoms with Crippen molar-refractivity contribution in [1.82, 2.24) is 0 Å². The van der Waals surface area contributed by atoms with E-state index in [1.54, 1.807) is 11.8 Å². The third kappa shape index (κ3) is 4.40. The van der Waals surface area contributed by atoms with Gasteiger partial charge in [0.1, 0.15) is 0 Å². The average molecular weight is 411 g/mol. The third-order valence-corrected chi connectivity index (χ3v) is 5.73. The zero-order valence-electron chi connectivity index (χ0n) is 13.1. The number of carbonyl (C=O) groups excluding carboxylic acids is 1.